The Balaban J connectivity index is 4.41. The van der Waals surface area contributed by atoms with E-state index in [2.05, 4.69) is 27.7 Å². The minimum absolute atomic E-state index is 1.40. The predicted octanol–water partition coefficient (Wildman–Crippen LogP) is 7.03. The van der Waals surface area contributed by atoms with E-state index in [1.807, 2.05) is 0 Å². The van der Waals surface area contributed by atoms with Gasteiger partial charge >= 0.3 is 120 Å². The summed E-state index contributed by atoms with van der Waals surface area (Å²) in [6.45, 7) is 9.47. The van der Waals surface area contributed by atoms with Crippen LogP contribution in [-0.2, 0) is 0 Å². The van der Waals surface area contributed by atoms with Gasteiger partial charge in [0.15, 0.2) is 0 Å². The first kappa shape index (κ1) is 18.5. The normalized spacial score (nSPS) is 12.0. The zero-order valence-electron chi connectivity index (χ0n) is 13.7. The zero-order valence-corrected chi connectivity index (χ0v) is 15.8. The van der Waals surface area contributed by atoms with Crippen LogP contribution in [-0.4, -0.2) is 13.3 Å². The molecular weight excluding hydrogens is 277 g/mol. The third-order valence-electron chi connectivity index (χ3n) is 4.49. The Morgan fingerprint density at radius 3 is 1.11 bits per heavy atom. The fourth-order valence-corrected chi connectivity index (χ4v) is 15.3. The van der Waals surface area contributed by atoms with E-state index in [9.17, 15) is 0 Å². The Morgan fingerprint density at radius 1 is 0.444 bits per heavy atom. The maximum absolute atomic E-state index is 2.37. The summed E-state index contributed by atoms with van der Waals surface area (Å²) in [5.74, 6) is 0. The SMILES string of the molecule is CCCC[CH2][Ge]([CH2]CCC)([CH2]CCC)[CH2]CCC. The Hall–Kier alpha value is 0.543. The Bertz CT molecular complexity index is 143. The molecule has 110 valence electrons. The quantitative estimate of drug-likeness (QED) is 0.253. The van der Waals surface area contributed by atoms with E-state index in [1.165, 1.54) is 51.4 Å². The standard InChI is InChI=1S/C17H38Ge/c1-5-9-13-17-18(14-10-6-2,15-11-7-3)16-12-8-4/h5-17H2,1-4H3. The molecule has 0 saturated heterocycles. The first-order valence-corrected chi connectivity index (χ1v) is 14.7. The summed E-state index contributed by atoms with van der Waals surface area (Å²) in [4.78, 5) is 0. The summed E-state index contributed by atoms with van der Waals surface area (Å²) < 4.78 is 0. The van der Waals surface area contributed by atoms with Crippen LogP contribution in [0.15, 0.2) is 0 Å². The van der Waals surface area contributed by atoms with Crippen LogP contribution < -0.4 is 0 Å². The molecule has 0 aromatic carbocycles. The summed E-state index contributed by atoms with van der Waals surface area (Å²) in [7, 11) is 0. The molecule has 18 heavy (non-hydrogen) atoms. The van der Waals surface area contributed by atoms with Gasteiger partial charge in [0.25, 0.3) is 0 Å². The van der Waals surface area contributed by atoms with Crippen LogP contribution >= 0.6 is 0 Å². The van der Waals surface area contributed by atoms with Crippen LogP contribution in [0.3, 0.4) is 0 Å². The van der Waals surface area contributed by atoms with E-state index in [1.54, 1.807) is 27.4 Å². The van der Waals surface area contributed by atoms with Crippen molar-refractivity contribution in [1.29, 1.82) is 0 Å². The van der Waals surface area contributed by atoms with Crippen molar-refractivity contribution in [1.82, 2.24) is 0 Å². The van der Waals surface area contributed by atoms with Gasteiger partial charge in [0, 0.05) is 0 Å². The van der Waals surface area contributed by atoms with E-state index in [0.717, 1.165) is 0 Å². The van der Waals surface area contributed by atoms with Crippen molar-refractivity contribution in [2.45, 2.75) is 106 Å². The monoisotopic (exact) mass is 316 g/mol. The average Bonchev–Trinajstić information content (AvgIpc) is 2.40. The van der Waals surface area contributed by atoms with Crippen molar-refractivity contribution < 1.29 is 0 Å². The predicted molar refractivity (Wildman–Crippen MR) is 89.2 cm³/mol. The average molecular weight is 315 g/mol. The van der Waals surface area contributed by atoms with Gasteiger partial charge < -0.3 is 0 Å². The number of hydrogen-bond donors (Lipinski definition) is 0. The summed E-state index contributed by atoms with van der Waals surface area (Å²) in [5, 5.41) is 6.73. The molecule has 0 rings (SSSR count). The van der Waals surface area contributed by atoms with Crippen LogP contribution in [0.1, 0.15) is 85.5 Å². The molecular formula is C17H38Ge. The Labute approximate surface area is 120 Å². The first-order valence-electron chi connectivity index (χ1n) is 8.74. The van der Waals surface area contributed by atoms with Gasteiger partial charge in [-0.25, -0.2) is 0 Å². The van der Waals surface area contributed by atoms with Crippen molar-refractivity contribution in [3.05, 3.63) is 0 Å². The van der Waals surface area contributed by atoms with Gasteiger partial charge in [0.05, 0.1) is 0 Å². The molecule has 0 aromatic heterocycles. The number of unbranched alkanes of at least 4 members (excludes halogenated alkanes) is 5. The molecule has 0 aliphatic carbocycles. The molecule has 0 unspecified atom stereocenters. The van der Waals surface area contributed by atoms with E-state index in [4.69, 9.17) is 0 Å². The van der Waals surface area contributed by atoms with E-state index < -0.39 is 13.3 Å². The Kier molecular flexibility index (Phi) is 12.9. The zero-order chi connectivity index (χ0) is 13.7. The molecule has 0 heterocycles. The topological polar surface area (TPSA) is 0 Å². The molecule has 0 aliphatic heterocycles. The van der Waals surface area contributed by atoms with E-state index >= 15 is 0 Å². The molecule has 0 fully saturated rings. The molecule has 0 spiro atoms. The van der Waals surface area contributed by atoms with E-state index in [0.29, 0.717) is 0 Å². The van der Waals surface area contributed by atoms with Gasteiger partial charge in [-0.15, -0.1) is 0 Å². The molecule has 0 atom stereocenters. The van der Waals surface area contributed by atoms with Crippen LogP contribution in [0.5, 0.6) is 0 Å². The second kappa shape index (κ2) is 12.6. The second-order valence-corrected chi connectivity index (χ2v) is 16.8. The van der Waals surface area contributed by atoms with Crippen LogP contribution in [0.2, 0.25) is 21.0 Å². The molecule has 0 radical (unpaired) electrons. The van der Waals surface area contributed by atoms with Gasteiger partial charge in [-0.1, -0.05) is 0 Å². The third-order valence-corrected chi connectivity index (χ3v) is 16.4. The molecule has 0 amide bonds. The summed E-state index contributed by atoms with van der Waals surface area (Å²) in [6, 6.07) is 0. The summed E-state index contributed by atoms with van der Waals surface area (Å²) in [6.07, 6.45) is 13.3. The minimum atomic E-state index is -1.46. The van der Waals surface area contributed by atoms with Gasteiger partial charge in [-0.05, 0) is 0 Å². The van der Waals surface area contributed by atoms with Gasteiger partial charge in [-0.2, -0.15) is 0 Å². The number of rotatable bonds is 13. The van der Waals surface area contributed by atoms with Gasteiger partial charge in [0.1, 0.15) is 0 Å². The summed E-state index contributed by atoms with van der Waals surface area (Å²) in [5.41, 5.74) is 0. The molecule has 0 aromatic rings. The van der Waals surface area contributed by atoms with Crippen LogP contribution in [0.25, 0.3) is 0 Å². The number of hydrogen-bond acceptors (Lipinski definition) is 0. The van der Waals surface area contributed by atoms with Crippen molar-refractivity contribution in [3.8, 4) is 0 Å². The van der Waals surface area contributed by atoms with Gasteiger partial charge in [-0.3, -0.25) is 0 Å². The molecule has 0 bridgehead atoms. The molecule has 1 heteroatoms. The summed E-state index contributed by atoms with van der Waals surface area (Å²) >= 11 is -1.46. The van der Waals surface area contributed by atoms with Crippen LogP contribution in [0.4, 0.5) is 0 Å². The first-order chi connectivity index (χ1) is 8.74. The fourth-order valence-electron chi connectivity index (χ4n) is 3.16. The van der Waals surface area contributed by atoms with Crippen molar-refractivity contribution in [2.24, 2.45) is 0 Å². The maximum atomic E-state index is 2.37. The van der Waals surface area contributed by atoms with Crippen LogP contribution in [0, 0.1) is 0 Å². The fraction of sp³-hybridized carbons (Fsp3) is 1.00. The van der Waals surface area contributed by atoms with Gasteiger partial charge in [0.2, 0.25) is 0 Å². The molecule has 0 saturated carbocycles. The molecule has 0 aliphatic rings. The second-order valence-electron chi connectivity index (χ2n) is 6.27. The Morgan fingerprint density at radius 2 is 0.778 bits per heavy atom. The van der Waals surface area contributed by atoms with E-state index in [-0.39, 0.29) is 0 Å². The molecule has 0 nitrogen and oxygen atoms in total. The van der Waals surface area contributed by atoms with Crippen molar-refractivity contribution in [2.75, 3.05) is 0 Å². The van der Waals surface area contributed by atoms with Crippen molar-refractivity contribution >= 4 is 13.3 Å². The molecule has 0 N–H and O–H groups in total. The van der Waals surface area contributed by atoms with Crippen molar-refractivity contribution in [3.63, 3.8) is 0 Å². The third kappa shape index (κ3) is 8.61.